The highest BCUT2D eigenvalue weighted by atomic mass is 32.2. The smallest absolute Gasteiger partial charge is 0.329 e. The molecule has 1 unspecified atom stereocenters. The summed E-state index contributed by atoms with van der Waals surface area (Å²) in [5.41, 5.74) is 0. The molecule has 1 saturated heterocycles. The minimum absolute atomic E-state index is 0.338. The number of rotatable bonds is 5. The molecule has 0 aliphatic carbocycles. The number of nitrogens with zero attached hydrogens (tertiary/aromatic N) is 1. The summed E-state index contributed by atoms with van der Waals surface area (Å²) in [6, 6.07) is -0.857. The molecule has 1 aliphatic heterocycles. The number of carbonyl (C=O) groups is 2. The number of hydrogen-bond acceptors (Lipinski definition) is 7. The van der Waals surface area contributed by atoms with Crippen LogP contribution in [0.25, 0.3) is 0 Å². The second-order valence-corrected chi connectivity index (χ2v) is 5.28. The van der Waals surface area contributed by atoms with Crippen molar-refractivity contribution >= 4 is 23.8 Å². The maximum absolute atomic E-state index is 11.8. The lowest BCUT2D eigenvalue weighted by atomic mass is 9.88. The van der Waals surface area contributed by atoms with E-state index in [0.29, 0.717) is 25.9 Å². The quantitative estimate of drug-likeness (QED) is 0.423. The van der Waals surface area contributed by atoms with Crippen LogP contribution in [0, 0.1) is 4.91 Å². The minimum atomic E-state index is -0.857. The Bertz CT molecular complexity index is 331. The highest BCUT2D eigenvalue weighted by molar-refractivity contribution is 7.99. The monoisotopic (exact) mass is 275 g/mol. The van der Waals surface area contributed by atoms with E-state index in [-0.39, 0.29) is 5.91 Å². The summed E-state index contributed by atoms with van der Waals surface area (Å²) in [4.78, 5) is 33.6. The molecular formula is C10H17N3O4S. The largest absolute Gasteiger partial charge is 0.467 e. The second kappa shape index (κ2) is 6.69. The van der Waals surface area contributed by atoms with E-state index in [9.17, 15) is 14.5 Å². The molecule has 7 nitrogen and oxygen atoms in total. The van der Waals surface area contributed by atoms with Crippen molar-refractivity contribution in [2.75, 3.05) is 20.2 Å². The van der Waals surface area contributed by atoms with Crippen molar-refractivity contribution in [3.05, 3.63) is 4.91 Å². The molecule has 0 aromatic rings. The predicted octanol–water partition coefficient (Wildman–Crippen LogP) is 0.201. The molecule has 2 N–H and O–H groups in total. The molecule has 1 atom stereocenters. The van der Waals surface area contributed by atoms with Gasteiger partial charge in [0.25, 0.3) is 0 Å². The van der Waals surface area contributed by atoms with Gasteiger partial charge in [-0.1, -0.05) is 0 Å². The Morgan fingerprint density at radius 3 is 2.50 bits per heavy atom. The molecule has 1 fully saturated rings. The number of piperidine rings is 1. The van der Waals surface area contributed by atoms with E-state index >= 15 is 0 Å². The van der Waals surface area contributed by atoms with E-state index in [4.69, 9.17) is 4.74 Å². The number of carbonyl (C=O) groups excluding carboxylic acids is 2. The lowest BCUT2D eigenvalue weighted by Crippen LogP contribution is -2.58. The van der Waals surface area contributed by atoms with Gasteiger partial charge in [0.2, 0.25) is 5.91 Å². The first-order valence-electron chi connectivity index (χ1n) is 5.62. The van der Waals surface area contributed by atoms with Crippen LogP contribution in [0.2, 0.25) is 0 Å². The third-order valence-electron chi connectivity index (χ3n) is 2.98. The van der Waals surface area contributed by atoms with Gasteiger partial charge in [-0.15, -0.1) is 4.91 Å². The molecule has 8 heteroatoms. The van der Waals surface area contributed by atoms with E-state index < -0.39 is 16.8 Å². The SMILES string of the molecule is COC(=O)C(NC(C)=O)C1(SN=O)CCNCC1. The van der Waals surface area contributed by atoms with Gasteiger partial charge in [0.15, 0.2) is 0 Å². The van der Waals surface area contributed by atoms with Crippen molar-refractivity contribution in [1.29, 1.82) is 0 Å². The Morgan fingerprint density at radius 2 is 2.06 bits per heavy atom. The van der Waals surface area contributed by atoms with Crippen molar-refractivity contribution in [3.63, 3.8) is 0 Å². The molecule has 0 aromatic heterocycles. The molecule has 1 aliphatic rings. The Kier molecular flexibility index (Phi) is 5.54. The van der Waals surface area contributed by atoms with Crippen LogP contribution in [0.3, 0.4) is 0 Å². The van der Waals surface area contributed by atoms with Crippen molar-refractivity contribution in [1.82, 2.24) is 10.6 Å². The number of nitroso groups, excluding NO2 is 1. The van der Waals surface area contributed by atoms with Gasteiger partial charge < -0.3 is 15.4 Å². The molecule has 1 amide bonds. The zero-order chi connectivity index (χ0) is 13.6. The standard InChI is InChI=1S/C10H17N3O4S/c1-7(14)12-8(9(15)17-2)10(18-13-16)3-5-11-6-4-10/h8,11H,3-6H2,1-2H3,(H,12,14). The molecule has 1 rings (SSSR count). The summed E-state index contributed by atoms with van der Waals surface area (Å²) in [7, 11) is 1.25. The average molecular weight is 275 g/mol. The first-order valence-corrected chi connectivity index (χ1v) is 6.39. The van der Waals surface area contributed by atoms with E-state index in [0.717, 1.165) is 11.9 Å². The third kappa shape index (κ3) is 3.42. The van der Waals surface area contributed by atoms with Crippen molar-refractivity contribution < 1.29 is 14.3 Å². The van der Waals surface area contributed by atoms with Crippen LogP contribution < -0.4 is 10.6 Å². The predicted molar refractivity (Wildman–Crippen MR) is 67.8 cm³/mol. The first kappa shape index (κ1) is 14.9. The number of hydrogen-bond donors (Lipinski definition) is 2. The summed E-state index contributed by atoms with van der Waals surface area (Å²) in [6.07, 6.45) is 1.12. The number of nitrogens with one attached hydrogen (secondary N) is 2. The fourth-order valence-electron chi connectivity index (χ4n) is 2.08. The Balaban J connectivity index is 2.98. The van der Waals surface area contributed by atoms with E-state index in [1.54, 1.807) is 0 Å². The van der Waals surface area contributed by atoms with Gasteiger partial charge >= 0.3 is 5.97 Å². The molecule has 0 radical (unpaired) electrons. The van der Waals surface area contributed by atoms with Crippen molar-refractivity contribution in [2.45, 2.75) is 30.6 Å². The first-order chi connectivity index (χ1) is 8.55. The average Bonchev–Trinajstić information content (AvgIpc) is 2.36. The number of methoxy groups -OCH3 is 1. The molecule has 0 aromatic carbocycles. The maximum Gasteiger partial charge on any atom is 0.329 e. The topological polar surface area (TPSA) is 96.9 Å². The lowest BCUT2D eigenvalue weighted by Gasteiger charge is -2.39. The fourth-order valence-corrected chi connectivity index (χ4v) is 2.88. The van der Waals surface area contributed by atoms with Crippen LogP contribution in [-0.4, -0.2) is 42.9 Å². The van der Waals surface area contributed by atoms with Gasteiger partial charge in [-0.25, -0.2) is 4.79 Å². The van der Waals surface area contributed by atoms with Crippen molar-refractivity contribution in [3.8, 4) is 0 Å². The van der Waals surface area contributed by atoms with Gasteiger partial charge in [-0.2, -0.15) is 0 Å². The Hall–Kier alpha value is -1.15. The molecule has 1 heterocycles. The third-order valence-corrected chi connectivity index (χ3v) is 4.06. The highest BCUT2D eigenvalue weighted by Crippen LogP contribution is 2.38. The summed E-state index contributed by atoms with van der Waals surface area (Å²) >= 11 is 0.807. The molecule has 102 valence electrons. The minimum Gasteiger partial charge on any atom is -0.467 e. The summed E-state index contributed by atoms with van der Waals surface area (Å²) in [6.45, 7) is 2.65. The summed E-state index contributed by atoms with van der Waals surface area (Å²) in [5, 5.41) is 5.71. The van der Waals surface area contributed by atoms with Crippen LogP contribution in [0.4, 0.5) is 0 Å². The number of amides is 1. The molecular weight excluding hydrogens is 258 g/mol. The Labute approximate surface area is 110 Å². The summed E-state index contributed by atoms with van der Waals surface area (Å²) < 4.78 is 6.83. The van der Waals surface area contributed by atoms with Gasteiger partial charge in [-0.3, -0.25) is 4.79 Å². The van der Waals surface area contributed by atoms with Gasteiger partial charge in [0.05, 0.1) is 11.9 Å². The molecule has 0 spiro atoms. The van der Waals surface area contributed by atoms with Crippen LogP contribution in [0.1, 0.15) is 19.8 Å². The zero-order valence-electron chi connectivity index (χ0n) is 10.4. The van der Waals surface area contributed by atoms with E-state index in [2.05, 4.69) is 15.2 Å². The number of esters is 1. The van der Waals surface area contributed by atoms with Crippen LogP contribution in [0.5, 0.6) is 0 Å². The zero-order valence-corrected chi connectivity index (χ0v) is 11.2. The van der Waals surface area contributed by atoms with E-state index in [1.807, 2.05) is 0 Å². The second-order valence-electron chi connectivity index (χ2n) is 4.14. The summed E-state index contributed by atoms with van der Waals surface area (Å²) in [5.74, 6) is -0.891. The normalized spacial score (nSPS) is 19.7. The van der Waals surface area contributed by atoms with Crippen LogP contribution >= 0.6 is 11.9 Å². The maximum atomic E-state index is 11.8. The highest BCUT2D eigenvalue weighted by Gasteiger charge is 2.47. The lowest BCUT2D eigenvalue weighted by molar-refractivity contribution is -0.146. The number of ether oxygens (including phenoxy) is 1. The van der Waals surface area contributed by atoms with Gasteiger partial charge in [-0.05, 0) is 25.9 Å². The van der Waals surface area contributed by atoms with Gasteiger partial charge in [0.1, 0.15) is 6.04 Å². The molecule has 18 heavy (non-hydrogen) atoms. The molecule has 0 saturated carbocycles. The van der Waals surface area contributed by atoms with Crippen LogP contribution in [-0.2, 0) is 14.3 Å². The van der Waals surface area contributed by atoms with Crippen molar-refractivity contribution in [2.24, 2.45) is 4.58 Å². The molecule has 0 bridgehead atoms. The fraction of sp³-hybridized carbons (Fsp3) is 0.800. The van der Waals surface area contributed by atoms with Gasteiger partial charge in [0, 0.05) is 23.5 Å². The van der Waals surface area contributed by atoms with E-state index in [1.165, 1.54) is 14.0 Å². The van der Waals surface area contributed by atoms with Crippen LogP contribution in [0.15, 0.2) is 4.58 Å². The Morgan fingerprint density at radius 1 is 1.44 bits per heavy atom.